The van der Waals surface area contributed by atoms with E-state index in [-0.39, 0.29) is 23.9 Å². The van der Waals surface area contributed by atoms with Gasteiger partial charge in [-0.15, -0.1) is 0 Å². The van der Waals surface area contributed by atoms with Gasteiger partial charge in [0.05, 0.1) is 11.0 Å². The Morgan fingerprint density at radius 2 is 2.18 bits per heavy atom. The van der Waals surface area contributed by atoms with Gasteiger partial charge < -0.3 is 4.74 Å². The molecule has 7 nitrogen and oxygen atoms in total. The highest BCUT2D eigenvalue weighted by Gasteiger charge is 2.45. The van der Waals surface area contributed by atoms with E-state index < -0.39 is 10.5 Å². The van der Waals surface area contributed by atoms with Crippen LogP contribution < -0.4 is 0 Å². The quantitative estimate of drug-likeness (QED) is 0.588. The van der Waals surface area contributed by atoms with E-state index in [0.29, 0.717) is 6.42 Å². The maximum Gasteiger partial charge on any atom is 0.411 e. The molecule has 0 spiro atoms. The second kappa shape index (κ2) is 4.93. The number of carbonyl (C=O) groups excluding carboxylic acids is 1. The first-order chi connectivity index (χ1) is 10.3. The van der Waals surface area contributed by atoms with E-state index in [4.69, 9.17) is 4.74 Å². The number of hydrogen-bond donors (Lipinski definition) is 0. The Hall–Kier alpha value is -2.18. The molecule has 7 heteroatoms. The summed E-state index contributed by atoms with van der Waals surface area (Å²) in [6.07, 6.45) is 3.23. The number of fused-ring (bicyclic) bond motifs is 4. The molecule has 0 N–H and O–H groups in total. The molecule has 1 aromatic rings. The third-order valence-electron chi connectivity index (χ3n) is 4.09. The minimum atomic E-state index is -0.558. The lowest BCUT2D eigenvalue weighted by atomic mass is 9.98. The molecule has 2 atom stereocenters. The fourth-order valence-corrected chi connectivity index (χ4v) is 3.26. The topological polar surface area (TPSA) is 85.6 Å². The predicted molar refractivity (Wildman–Crippen MR) is 78.4 cm³/mol. The van der Waals surface area contributed by atoms with Crippen LogP contribution in [0.15, 0.2) is 12.3 Å². The summed E-state index contributed by atoms with van der Waals surface area (Å²) in [4.78, 5) is 28.9. The molecule has 2 unspecified atom stereocenters. The maximum absolute atomic E-state index is 12.5. The minimum Gasteiger partial charge on any atom is -0.444 e. The fourth-order valence-electron chi connectivity index (χ4n) is 3.26. The van der Waals surface area contributed by atoms with E-state index in [2.05, 4.69) is 4.98 Å². The molecule has 0 aromatic carbocycles. The van der Waals surface area contributed by atoms with E-state index in [1.54, 1.807) is 11.0 Å². The Morgan fingerprint density at radius 3 is 2.82 bits per heavy atom. The lowest BCUT2D eigenvalue weighted by Gasteiger charge is -2.36. The summed E-state index contributed by atoms with van der Waals surface area (Å²) in [6, 6.07) is 1.45. The van der Waals surface area contributed by atoms with Gasteiger partial charge in [0.1, 0.15) is 11.8 Å². The summed E-state index contributed by atoms with van der Waals surface area (Å²) in [5.74, 6) is 0. The van der Waals surface area contributed by atoms with Crippen LogP contribution in [0, 0.1) is 10.1 Å². The van der Waals surface area contributed by atoms with Gasteiger partial charge in [0.25, 0.3) is 5.69 Å². The van der Waals surface area contributed by atoms with Crippen molar-refractivity contribution in [3.8, 4) is 0 Å². The molecule has 3 rings (SSSR count). The molecule has 118 valence electrons. The van der Waals surface area contributed by atoms with Crippen LogP contribution >= 0.6 is 0 Å². The van der Waals surface area contributed by atoms with Crippen molar-refractivity contribution in [2.75, 3.05) is 0 Å². The Labute approximate surface area is 128 Å². The molecular formula is C15H19N3O4. The van der Waals surface area contributed by atoms with Gasteiger partial charge in [0.2, 0.25) is 0 Å². The van der Waals surface area contributed by atoms with Crippen molar-refractivity contribution in [3.63, 3.8) is 0 Å². The largest absolute Gasteiger partial charge is 0.444 e. The molecule has 0 aliphatic carbocycles. The highest BCUT2D eigenvalue weighted by Crippen LogP contribution is 2.44. The zero-order valence-electron chi connectivity index (χ0n) is 12.9. The van der Waals surface area contributed by atoms with E-state index in [9.17, 15) is 14.9 Å². The van der Waals surface area contributed by atoms with Crippen molar-refractivity contribution in [1.82, 2.24) is 9.88 Å². The SMILES string of the molecule is CC(C)(C)OC(=O)N1C2CCC1c1cc([N+](=O)[O-])cnc1C2. The first-order valence-electron chi connectivity index (χ1n) is 7.41. The Kier molecular flexibility index (Phi) is 3.30. The molecule has 0 radical (unpaired) electrons. The number of nitro groups is 1. The second-order valence-electron chi connectivity index (χ2n) is 6.83. The zero-order chi connectivity index (χ0) is 16.1. The van der Waals surface area contributed by atoms with E-state index in [1.807, 2.05) is 20.8 Å². The van der Waals surface area contributed by atoms with Crippen molar-refractivity contribution in [2.45, 2.75) is 57.7 Å². The molecule has 1 aromatic heterocycles. The Morgan fingerprint density at radius 1 is 1.45 bits per heavy atom. The van der Waals surface area contributed by atoms with E-state index in [1.165, 1.54) is 6.20 Å². The van der Waals surface area contributed by atoms with Crippen LogP contribution in [-0.4, -0.2) is 32.5 Å². The number of hydrogen-bond acceptors (Lipinski definition) is 5. The number of carbonyl (C=O) groups is 1. The number of aromatic nitrogens is 1. The van der Waals surface area contributed by atoms with Gasteiger partial charge in [-0.25, -0.2) is 4.79 Å². The molecule has 1 saturated heterocycles. The van der Waals surface area contributed by atoms with Crippen LogP contribution in [0.5, 0.6) is 0 Å². The average molecular weight is 305 g/mol. The average Bonchev–Trinajstić information content (AvgIpc) is 2.72. The van der Waals surface area contributed by atoms with Crippen LogP contribution in [0.3, 0.4) is 0 Å². The molecular weight excluding hydrogens is 286 g/mol. The monoisotopic (exact) mass is 305 g/mol. The van der Waals surface area contributed by atoms with Crippen LogP contribution in [0.25, 0.3) is 0 Å². The lowest BCUT2D eigenvalue weighted by Crippen LogP contribution is -2.44. The normalized spacial score (nSPS) is 23.1. The van der Waals surface area contributed by atoms with Gasteiger partial charge in [-0.2, -0.15) is 0 Å². The first-order valence-corrected chi connectivity index (χ1v) is 7.41. The van der Waals surface area contributed by atoms with Gasteiger partial charge in [0, 0.05) is 29.8 Å². The molecule has 0 saturated carbocycles. The third-order valence-corrected chi connectivity index (χ3v) is 4.09. The molecule has 3 heterocycles. The van der Waals surface area contributed by atoms with Crippen molar-refractivity contribution in [1.29, 1.82) is 0 Å². The van der Waals surface area contributed by atoms with Crippen molar-refractivity contribution < 1.29 is 14.5 Å². The highest BCUT2D eigenvalue weighted by atomic mass is 16.6. The Balaban J connectivity index is 1.93. The minimum absolute atomic E-state index is 0.0340. The number of rotatable bonds is 1. The summed E-state index contributed by atoms with van der Waals surface area (Å²) >= 11 is 0. The molecule has 1 amide bonds. The van der Waals surface area contributed by atoms with Gasteiger partial charge in [0.15, 0.2) is 0 Å². The summed E-state index contributed by atoms with van der Waals surface area (Å²) in [5.41, 5.74) is 1.05. The summed E-state index contributed by atoms with van der Waals surface area (Å²) in [6.45, 7) is 5.49. The fraction of sp³-hybridized carbons (Fsp3) is 0.600. The standard InChI is InChI=1S/C15H19N3O4/c1-15(2,3)22-14(19)17-9-4-5-13(17)11-6-10(18(20)21)8-16-12(11)7-9/h6,8-9,13H,4-5,7H2,1-3H3. The maximum atomic E-state index is 12.5. The van der Waals surface area contributed by atoms with Crippen molar-refractivity contribution >= 4 is 11.8 Å². The summed E-state index contributed by atoms with van der Waals surface area (Å²) < 4.78 is 5.48. The molecule has 1 fully saturated rings. The number of nitrogens with zero attached hydrogens (tertiary/aromatic N) is 3. The highest BCUT2D eigenvalue weighted by molar-refractivity contribution is 5.70. The third kappa shape index (κ3) is 2.51. The van der Waals surface area contributed by atoms with E-state index >= 15 is 0 Å². The number of pyridine rings is 1. The van der Waals surface area contributed by atoms with Gasteiger partial charge >= 0.3 is 6.09 Å². The first kappa shape index (κ1) is 14.7. The van der Waals surface area contributed by atoms with Crippen molar-refractivity contribution in [3.05, 3.63) is 33.6 Å². The second-order valence-corrected chi connectivity index (χ2v) is 6.83. The predicted octanol–water partition coefficient (Wildman–Crippen LogP) is 2.99. The molecule has 22 heavy (non-hydrogen) atoms. The van der Waals surface area contributed by atoms with Crippen LogP contribution in [0.2, 0.25) is 0 Å². The van der Waals surface area contributed by atoms with Crippen LogP contribution in [0.4, 0.5) is 10.5 Å². The number of amides is 1. The van der Waals surface area contributed by atoms with Crippen LogP contribution in [0.1, 0.15) is 50.9 Å². The summed E-state index contributed by atoms with van der Waals surface area (Å²) in [7, 11) is 0. The van der Waals surface area contributed by atoms with Crippen molar-refractivity contribution in [2.24, 2.45) is 0 Å². The smallest absolute Gasteiger partial charge is 0.411 e. The lowest BCUT2D eigenvalue weighted by molar-refractivity contribution is -0.385. The zero-order valence-corrected chi connectivity index (χ0v) is 12.9. The molecule has 2 bridgehead atoms. The van der Waals surface area contributed by atoms with E-state index in [0.717, 1.165) is 24.1 Å². The Bertz CT molecular complexity index is 638. The van der Waals surface area contributed by atoms with Gasteiger partial charge in [-0.05, 0) is 33.6 Å². The summed E-state index contributed by atoms with van der Waals surface area (Å²) in [5, 5.41) is 11.0. The van der Waals surface area contributed by atoms with Gasteiger partial charge in [-0.1, -0.05) is 0 Å². The molecule has 2 aliphatic heterocycles. The molecule has 2 aliphatic rings. The number of ether oxygens (including phenoxy) is 1. The van der Waals surface area contributed by atoms with Gasteiger partial charge in [-0.3, -0.25) is 20.0 Å². The van der Waals surface area contributed by atoms with Crippen LogP contribution in [-0.2, 0) is 11.2 Å².